The largest absolute Gasteiger partial charge is 0.365 e. The quantitative estimate of drug-likeness (QED) is 0.902. The second kappa shape index (κ2) is 7.51. The average Bonchev–Trinajstić information content (AvgIpc) is 2.63. The van der Waals surface area contributed by atoms with E-state index in [-0.39, 0.29) is 5.54 Å². The predicted octanol–water partition coefficient (Wildman–Crippen LogP) is 2.81. The number of anilines is 1. The molecular formula is C19H30N4O. The predicted molar refractivity (Wildman–Crippen MR) is 97.3 cm³/mol. The van der Waals surface area contributed by atoms with Crippen molar-refractivity contribution in [3.8, 4) is 0 Å². The van der Waals surface area contributed by atoms with Crippen LogP contribution < -0.4 is 10.6 Å². The van der Waals surface area contributed by atoms with E-state index in [0.29, 0.717) is 11.4 Å². The van der Waals surface area contributed by atoms with Gasteiger partial charge in [-0.15, -0.1) is 0 Å². The first-order valence-corrected chi connectivity index (χ1v) is 9.33. The van der Waals surface area contributed by atoms with Crippen LogP contribution >= 0.6 is 0 Å². The Morgan fingerprint density at radius 1 is 1.21 bits per heavy atom. The van der Waals surface area contributed by atoms with Crippen LogP contribution in [0.4, 0.5) is 5.82 Å². The molecule has 1 saturated heterocycles. The molecule has 1 aliphatic carbocycles. The molecule has 0 spiro atoms. The van der Waals surface area contributed by atoms with Crippen molar-refractivity contribution in [2.24, 2.45) is 5.73 Å². The van der Waals surface area contributed by atoms with Crippen LogP contribution in [-0.2, 0) is 0 Å². The summed E-state index contributed by atoms with van der Waals surface area (Å²) in [5.41, 5.74) is 6.29. The van der Waals surface area contributed by atoms with Crippen LogP contribution in [0.3, 0.4) is 0 Å². The van der Waals surface area contributed by atoms with E-state index < -0.39 is 5.91 Å². The Morgan fingerprint density at radius 3 is 2.54 bits per heavy atom. The summed E-state index contributed by atoms with van der Waals surface area (Å²) in [6.07, 6.45) is 12.1. The van der Waals surface area contributed by atoms with Crippen molar-refractivity contribution in [3.05, 3.63) is 23.9 Å². The van der Waals surface area contributed by atoms with E-state index in [4.69, 9.17) is 5.73 Å². The van der Waals surface area contributed by atoms with Gasteiger partial charge >= 0.3 is 0 Å². The van der Waals surface area contributed by atoms with E-state index in [1.54, 1.807) is 18.3 Å². The summed E-state index contributed by atoms with van der Waals surface area (Å²) >= 11 is 0. The molecule has 0 atom stereocenters. The number of aromatic nitrogens is 1. The van der Waals surface area contributed by atoms with Gasteiger partial charge in [0.15, 0.2) is 0 Å². The van der Waals surface area contributed by atoms with Gasteiger partial charge in [0.2, 0.25) is 0 Å². The van der Waals surface area contributed by atoms with E-state index in [0.717, 1.165) is 6.54 Å². The fraction of sp³-hybridized carbons (Fsp3) is 0.684. The number of likely N-dealkylation sites (N-methyl/N-ethyl adjacent to an activating group) is 1. The van der Waals surface area contributed by atoms with Crippen molar-refractivity contribution in [1.29, 1.82) is 0 Å². The number of piperidine rings is 1. The number of nitrogens with zero attached hydrogens (tertiary/aromatic N) is 3. The molecule has 3 rings (SSSR count). The second-order valence-corrected chi connectivity index (χ2v) is 7.43. The Balaban J connectivity index is 1.83. The maximum atomic E-state index is 11.7. The number of likely N-dealkylation sites (tertiary alicyclic amines) is 1. The van der Waals surface area contributed by atoms with E-state index in [2.05, 4.69) is 21.8 Å². The van der Waals surface area contributed by atoms with Gasteiger partial charge in [0.1, 0.15) is 5.82 Å². The molecule has 1 aliphatic heterocycles. The monoisotopic (exact) mass is 330 g/mol. The minimum absolute atomic E-state index is 0.222. The average molecular weight is 330 g/mol. The summed E-state index contributed by atoms with van der Waals surface area (Å²) < 4.78 is 0. The van der Waals surface area contributed by atoms with Crippen molar-refractivity contribution in [1.82, 2.24) is 9.88 Å². The van der Waals surface area contributed by atoms with E-state index in [9.17, 15) is 4.79 Å². The maximum absolute atomic E-state index is 11.7. The smallest absolute Gasteiger partial charge is 0.252 e. The Hall–Kier alpha value is -1.62. The second-order valence-electron chi connectivity index (χ2n) is 7.43. The third-order valence-corrected chi connectivity index (χ3v) is 5.76. The summed E-state index contributed by atoms with van der Waals surface area (Å²) in [6.45, 7) is 3.34. The third kappa shape index (κ3) is 3.56. The molecule has 132 valence electrons. The van der Waals surface area contributed by atoms with E-state index in [1.807, 2.05) is 0 Å². The SMILES string of the molecule is CN(CC1(N2CCCCC2)CCCCC1)c1ncccc1C(N)=O. The summed E-state index contributed by atoms with van der Waals surface area (Å²) in [5.74, 6) is 0.313. The highest BCUT2D eigenvalue weighted by atomic mass is 16.1. The zero-order chi connectivity index (χ0) is 17.0. The highest BCUT2D eigenvalue weighted by Gasteiger charge is 2.39. The molecule has 5 heteroatoms. The molecule has 1 saturated carbocycles. The van der Waals surface area contributed by atoms with Gasteiger partial charge in [0.05, 0.1) is 5.56 Å². The number of hydrogen-bond donors (Lipinski definition) is 1. The number of primary amides is 1. The molecule has 1 aromatic heterocycles. The summed E-state index contributed by atoms with van der Waals surface area (Å²) in [5, 5.41) is 0. The number of hydrogen-bond acceptors (Lipinski definition) is 4. The number of carbonyl (C=O) groups excluding carboxylic acids is 1. The number of amides is 1. The molecule has 2 heterocycles. The molecule has 2 aliphatic rings. The van der Waals surface area contributed by atoms with Gasteiger partial charge in [-0.05, 0) is 50.9 Å². The lowest BCUT2D eigenvalue weighted by atomic mass is 9.78. The zero-order valence-electron chi connectivity index (χ0n) is 14.8. The molecular weight excluding hydrogens is 300 g/mol. The molecule has 5 nitrogen and oxygen atoms in total. The lowest BCUT2D eigenvalue weighted by Gasteiger charge is -2.50. The summed E-state index contributed by atoms with van der Waals surface area (Å²) in [4.78, 5) is 21.1. The first-order valence-electron chi connectivity index (χ1n) is 9.33. The van der Waals surface area contributed by atoms with Crippen LogP contribution in [-0.4, -0.2) is 48.0 Å². The Bertz CT molecular complexity index is 562. The fourth-order valence-electron chi connectivity index (χ4n) is 4.56. The Kier molecular flexibility index (Phi) is 5.39. The Labute approximate surface area is 145 Å². The molecule has 2 N–H and O–H groups in total. The van der Waals surface area contributed by atoms with Crippen molar-refractivity contribution < 1.29 is 4.79 Å². The molecule has 24 heavy (non-hydrogen) atoms. The number of nitrogens with two attached hydrogens (primary N) is 1. The molecule has 0 radical (unpaired) electrons. The zero-order valence-corrected chi connectivity index (χ0v) is 14.8. The lowest BCUT2D eigenvalue weighted by molar-refractivity contribution is 0.0395. The first kappa shape index (κ1) is 17.2. The van der Waals surface area contributed by atoms with Crippen LogP contribution in [0.25, 0.3) is 0 Å². The normalized spacial score (nSPS) is 21.4. The van der Waals surface area contributed by atoms with Gasteiger partial charge in [-0.1, -0.05) is 25.7 Å². The van der Waals surface area contributed by atoms with Crippen LogP contribution in [0.1, 0.15) is 61.7 Å². The van der Waals surface area contributed by atoms with E-state index in [1.165, 1.54) is 64.5 Å². The van der Waals surface area contributed by atoms with Crippen LogP contribution in [0.2, 0.25) is 0 Å². The number of carbonyl (C=O) groups is 1. The molecule has 0 bridgehead atoms. The van der Waals surface area contributed by atoms with Gasteiger partial charge in [-0.2, -0.15) is 0 Å². The number of pyridine rings is 1. The molecule has 0 unspecified atom stereocenters. The van der Waals surface area contributed by atoms with Gasteiger partial charge in [0.25, 0.3) is 5.91 Å². The lowest BCUT2D eigenvalue weighted by Crippen LogP contribution is -2.58. The minimum Gasteiger partial charge on any atom is -0.365 e. The van der Waals surface area contributed by atoms with Gasteiger partial charge in [-0.25, -0.2) is 4.98 Å². The maximum Gasteiger partial charge on any atom is 0.252 e. The fourth-order valence-corrected chi connectivity index (χ4v) is 4.56. The summed E-state index contributed by atoms with van der Waals surface area (Å²) in [6, 6.07) is 3.55. The van der Waals surface area contributed by atoms with Gasteiger partial charge < -0.3 is 10.6 Å². The van der Waals surface area contributed by atoms with Crippen molar-refractivity contribution >= 4 is 11.7 Å². The number of rotatable bonds is 5. The highest BCUT2D eigenvalue weighted by Crippen LogP contribution is 2.37. The summed E-state index contributed by atoms with van der Waals surface area (Å²) in [7, 11) is 2.05. The molecule has 0 aromatic carbocycles. The first-order chi connectivity index (χ1) is 11.6. The van der Waals surface area contributed by atoms with Crippen molar-refractivity contribution in [2.45, 2.75) is 56.9 Å². The van der Waals surface area contributed by atoms with Crippen molar-refractivity contribution in [3.63, 3.8) is 0 Å². The topological polar surface area (TPSA) is 62.5 Å². The molecule has 1 amide bonds. The van der Waals surface area contributed by atoms with Crippen LogP contribution in [0.15, 0.2) is 18.3 Å². The minimum atomic E-state index is -0.402. The van der Waals surface area contributed by atoms with Crippen molar-refractivity contribution in [2.75, 3.05) is 31.6 Å². The van der Waals surface area contributed by atoms with Gasteiger partial charge in [-0.3, -0.25) is 9.69 Å². The third-order valence-electron chi connectivity index (χ3n) is 5.76. The molecule has 2 fully saturated rings. The molecule has 1 aromatic rings. The highest BCUT2D eigenvalue weighted by molar-refractivity contribution is 5.97. The van der Waals surface area contributed by atoms with Crippen LogP contribution in [0, 0.1) is 0 Å². The van der Waals surface area contributed by atoms with Crippen LogP contribution in [0.5, 0.6) is 0 Å². The van der Waals surface area contributed by atoms with Gasteiger partial charge in [0, 0.05) is 25.3 Å². The Morgan fingerprint density at radius 2 is 1.88 bits per heavy atom. The standard InChI is InChI=1S/C19H30N4O/c1-22(18-16(17(20)24)9-8-12-21-18)15-19(10-4-2-5-11-19)23-13-6-3-7-14-23/h8-9,12H,2-7,10-11,13-15H2,1H3,(H2,20,24). The van der Waals surface area contributed by atoms with E-state index >= 15 is 0 Å².